The van der Waals surface area contributed by atoms with E-state index in [9.17, 15) is 18.0 Å². The van der Waals surface area contributed by atoms with Gasteiger partial charge in [-0.1, -0.05) is 24.3 Å². The summed E-state index contributed by atoms with van der Waals surface area (Å²) in [6.45, 7) is 0. The van der Waals surface area contributed by atoms with Crippen LogP contribution in [0.4, 0.5) is 13.2 Å². The Morgan fingerprint density at radius 1 is 0.800 bits per heavy atom. The van der Waals surface area contributed by atoms with Crippen LogP contribution in [0.2, 0.25) is 0 Å². The second-order valence-corrected chi connectivity index (χ2v) is 8.22. The minimum Gasteiger partial charge on any atom is -0.293 e. The molecule has 2 aromatic carbocycles. The molecule has 0 aliphatic heterocycles. The van der Waals surface area contributed by atoms with Crippen molar-refractivity contribution in [2.24, 2.45) is 7.05 Å². The molecule has 0 radical (unpaired) electrons. The third kappa shape index (κ3) is 3.35. The Kier molecular flexibility index (Phi) is 4.50. The van der Waals surface area contributed by atoms with E-state index in [2.05, 4.69) is 15.0 Å². The lowest BCUT2D eigenvalue weighted by atomic mass is 10.0. The predicted molar refractivity (Wildman–Crippen MR) is 127 cm³/mol. The molecule has 0 amide bonds. The van der Waals surface area contributed by atoms with Crippen molar-refractivity contribution in [2.75, 3.05) is 0 Å². The zero-order chi connectivity index (χ0) is 24.3. The smallest absolute Gasteiger partial charge is 0.293 e. The van der Waals surface area contributed by atoms with Gasteiger partial charge in [0.25, 0.3) is 0 Å². The molecule has 0 aliphatic carbocycles. The number of nitrogens with zero attached hydrogens (tertiary/aromatic N) is 5. The number of aryl methyl sites for hydroxylation is 1. The summed E-state index contributed by atoms with van der Waals surface area (Å²) in [5.41, 5.74) is 3.19. The molecule has 0 saturated carbocycles. The molecule has 172 valence electrons. The number of rotatable bonds is 2. The van der Waals surface area contributed by atoms with E-state index in [-0.39, 0.29) is 5.69 Å². The second-order valence-electron chi connectivity index (χ2n) is 8.22. The minimum atomic E-state index is -4.57. The van der Waals surface area contributed by atoms with Crippen LogP contribution in [0.5, 0.6) is 0 Å². The van der Waals surface area contributed by atoms with Crippen LogP contribution in [0.25, 0.3) is 49.7 Å². The van der Waals surface area contributed by atoms with Crippen LogP contribution in [0.3, 0.4) is 0 Å². The van der Waals surface area contributed by atoms with Crippen LogP contribution >= 0.6 is 0 Å². The van der Waals surface area contributed by atoms with Gasteiger partial charge in [-0.05, 0) is 42.0 Å². The van der Waals surface area contributed by atoms with Crippen molar-refractivity contribution < 1.29 is 13.2 Å². The molecule has 0 atom stereocenters. The molecular weight excluding hydrogens is 455 g/mol. The lowest BCUT2D eigenvalue weighted by molar-refractivity contribution is -0.141. The summed E-state index contributed by atoms with van der Waals surface area (Å²) in [4.78, 5) is 25.7. The Morgan fingerprint density at radius 2 is 1.60 bits per heavy atom. The SMILES string of the molecule is Cn1c(=O)n(-c2ccc(C(F)(F)F)nc2)c2c3cc(-c4cnc5ccccc5c4)ccc3ncc21. The zero-order valence-electron chi connectivity index (χ0n) is 18.3. The van der Waals surface area contributed by atoms with E-state index < -0.39 is 17.6 Å². The van der Waals surface area contributed by atoms with Gasteiger partial charge in [0.15, 0.2) is 0 Å². The van der Waals surface area contributed by atoms with Gasteiger partial charge in [-0.15, -0.1) is 0 Å². The Balaban J connectivity index is 1.60. The first-order chi connectivity index (χ1) is 16.8. The topological polar surface area (TPSA) is 65.6 Å². The molecule has 0 N–H and O–H groups in total. The maximum atomic E-state index is 13.2. The quantitative estimate of drug-likeness (QED) is 0.334. The first kappa shape index (κ1) is 21.0. The monoisotopic (exact) mass is 471 g/mol. The van der Waals surface area contributed by atoms with Gasteiger partial charge < -0.3 is 0 Å². The molecule has 0 fully saturated rings. The van der Waals surface area contributed by atoms with E-state index in [0.717, 1.165) is 34.3 Å². The van der Waals surface area contributed by atoms with Gasteiger partial charge in [-0.25, -0.2) is 9.78 Å². The van der Waals surface area contributed by atoms with Crippen molar-refractivity contribution in [3.05, 3.63) is 95.4 Å². The first-order valence-electron chi connectivity index (χ1n) is 10.7. The standard InChI is InChI=1S/C26H16F3N5O/c1-33-22-14-31-21-8-6-15(17-10-16-4-2-3-5-20(16)30-12-17)11-19(21)24(22)34(25(33)35)18-7-9-23(32-13-18)26(27,28)29/h2-14H,1H3. The van der Waals surface area contributed by atoms with Crippen molar-refractivity contribution in [1.29, 1.82) is 0 Å². The van der Waals surface area contributed by atoms with Crippen LogP contribution in [0, 0.1) is 0 Å². The second kappa shape index (κ2) is 7.49. The van der Waals surface area contributed by atoms with E-state index in [1.165, 1.54) is 15.2 Å². The number of hydrogen-bond acceptors (Lipinski definition) is 4. The molecule has 0 spiro atoms. The molecule has 0 bridgehead atoms. The molecule has 6 rings (SSSR count). The number of alkyl halides is 3. The summed E-state index contributed by atoms with van der Waals surface area (Å²) in [6.07, 6.45) is -0.131. The molecule has 4 heterocycles. The van der Waals surface area contributed by atoms with Gasteiger partial charge >= 0.3 is 11.9 Å². The molecule has 0 aliphatic rings. The van der Waals surface area contributed by atoms with E-state index in [0.29, 0.717) is 21.9 Å². The largest absolute Gasteiger partial charge is 0.433 e. The van der Waals surface area contributed by atoms with Gasteiger partial charge in [-0.2, -0.15) is 13.2 Å². The molecular formula is C26H16F3N5O. The highest BCUT2D eigenvalue weighted by Gasteiger charge is 2.32. The van der Waals surface area contributed by atoms with Crippen LogP contribution < -0.4 is 5.69 Å². The maximum Gasteiger partial charge on any atom is 0.433 e. The van der Waals surface area contributed by atoms with Crippen LogP contribution in [-0.4, -0.2) is 24.1 Å². The third-order valence-corrected chi connectivity index (χ3v) is 6.10. The van der Waals surface area contributed by atoms with Gasteiger partial charge in [-0.3, -0.25) is 19.1 Å². The highest BCUT2D eigenvalue weighted by Crippen LogP contribution is 2.31. The maximum absolute atomic E-state index is 13.2. The molecule has 6 aromatic rings. The Labute approximate surface area is 195 Å². The number of para-hydroxylation sites is 1. The molecule has 4 aromatic heterocycles. The predicted octanol–water partition coefficient (Wildman–Crippen LogP) is 5.51. The van der Waals surface area contributed by atoms with Gasteiger partial charge in [0, 0.05) is 29.6 Å². The number of pyridine rings is 3. The number of aromatic nitrogens is 5. The highest BCUT2D eigenvalue weighted by molar-refractivity contribution is 6.04. The molecule has 35 heavy (non-hydrogen) atoms. The summed E-state index contributed by atoms with van der Waals surface area (Å²) in [5.74, 6) is 0. The highest BCUT2D eigenvalue weighted by atomic mass is 19.4. The van der Waals surface area contributed by atoms with E-state index in [1.807, 2.05) is 48.5 Å². The summed E-state index contributed by atoms with van der Waals surface area (Å²) in [7, 11) is 1.60. The van der Waals surface area contributed by atoms with Crippen LogP contribution in [0.1, 0.15) is 5.69 Å². The number of imidazole rings is 1. The number of benzene rings is 2. The summed E-state index contributed by atoms with van der Waals surface area (Å²) in [6, 6.07) is 17.7. The molecule has 9 heteroatoms. The average Bonchev–Trinajstić information content (AvgIpc) is 3.13. The number of fused-ring (bicyclic) bond motifs is 4. The van der Waals surface area contributed by atoms with Crippen molar-refractivity contribution in [3.8, 4) is 16.8 Å². The molecule has 0 saturated heterocycles. The average molecular weight is 471 g/mol. The van der Waals surface area contributed by atoms with Gasteiger partial charge in [0.2, 0.25) is 0 Å². The van der Waals surface area contributed by atoms with E-state index in [4.69, 9.17) is 0 Å². The van der Waals surface area contributed by atoms with Gasteiger partial charge in [0.1, 0.15) is 5.69 Å². The summed E-state index contributed by atoms with van der Waals surface area (Å²) >= 11 is 0. The van der Waals surface area contributed by atoms with Crippen molar-refractivity contribution in [1.82, 2.24) is 24.1 Å². The fraction of sp³-hybridized carbons (Fsp3) is 0.0769. The number of hydrogen-bond donors (Lipinski definition) is 0. The number of halogens is 3. The van der Waals surface area contributed by atoms with Crippen LogP contribution in [0.15, 0.2) is 84.0 Å². The fourth-order valence-electron chi connectivity index (χ4n) is 4.33. The lowest BCUT2D eigenvalue weighted by Gasteiger charge is -2.10. The first-order valence-corrected chi connectivity index (χ1v) is 10.7. The van der Waals surface area contributed by atoms with E-state index in [1.54, 1.807) is 19.4 Å². The fourth-order valence-corrected chi connectivity index (χ4v) is 4.33. The van der Waals surface area contributed by atoms with Crippen LogP contribution in [-0.2, 0) is 13.2 Å². The molecule has 0 unspecified atom stereocenters. The van der Waals surface area contributed by atoms with Crippen molar-refractivity contribution in [3.63, 3.8) is 0 Å². The third-order valence-electron chi connectivity index (χ3n) is 6.10. The summed E-state index contributed by atoms with van der Waals surface area (Å²) in [5, 5.41) is 1.68. The van der Waals surface area contributed by atoms with Gasteiger partial charge in [0.05, 0.1) is 40.1 Å². The zero-order valence-corrected chi connectivity index (χ0v) is 18.3. The van der Waals surface area contributed by atoms with Crippen molar-refractivity contribution >= 4 is 32.8 Å². The Morgan fingerprint density at radius 3 is 2.37 bits per heavy atom. The summed E-state index contributed by atoms with van der Waals surface area (Å²) < 4.78 is 41.9. The molecule has 6 nitrogen and oxygen atoms in total. The Bertz CT molecular complexity index is 1820. The van der Waals surface area contributed by atoms with Crippen molar-refractivity contribution in [2.45, 2.75) is 6.18 Å². The Hall–Kier alpha value is -4.53. The lowest BCUT2D eigenvalue weighted by Crippen LogP contribution is -2.21. The normalized spacial score (nSPS) is 12.1. The minimum absolute atomic E-state index is 0.235. The van der Waals surface area contributed by atoms with E-state index >= 15 is 0 Å².